The quantitative estimate of drug-likeness (QED) is 0.0975. The van der Waals surface area contributed by atoms with Crippen LogP contribution < -0.4 is 20.9 Å². The van der Waals surface area contributed by atoms with Crippen molar-refractivity contribution in [2.24, 2.45) is 0 Å². The molecule has 0 bridgehead atoms. The number of nitrogens with one attached hydrogen (secondary N) is 1. The Morgan fingerprint density at radius 3 is 1.61 bits per heavy atom. The van der Waals surface area contributed by atoms with Gasteiger partial charge in [-0.15, -0.1) is 0 Å². The number of aromatic nitrogens is 8. The van der Waals surface area contributed by atoms with E-state index in [2.05, 4.69) is 25.1 Å². The van der Waals surface area contributed by atoms with Crippen molar-refractivity contribution in [3.63, 3.8) is 0 Å². The Labute approximate surface area is 400 Å². The Hall–Kier alpha value is -9.61. The number of pyridine rings is 2. The van der Waals surface area contributed by atoms with E-state index in [9.17, 15) is 18.0 Å². The number of fused-ring (bicyclic) bond motifs is 2. The lowest BCUT2D eigenvalue weighted by molar-refractivity contribution is 0.102. The number of aryl methyl sites for hydroxylation is 1. The van der Waals surface area contributed by atoms with Gasteiger partial charge in [0.2, 0.25) is 23.3 Å². The third kappa shape index (κ3) is 8.73. The van der Waals surface area contributed by atoms with E-state index >= 15 is 0 Å². The van der Waals surface area contributed by atoms with Crippen LogP contribution >= 0.6 is 0 Å². The van der Waals surface area contributed by atoms with Crippen LogP contribution in [-0.4, -0.2) is 58.5 Å². The molecule has 0 aliphatic heterocycles. The lowest BCUT2D eigenvalue weighted by Gasteiger charge is -2.12. The molecule has 0 radical (unpaired) electrons. The fraction of sp³-hybridized carbons (Fsp3) is 0.0189. The molecule has 17 heteroatoms. The minimum atomic E-state index is -4.11. The molecule has 0 spiro atoms. The number of hydrogen-bond donors (Lipinski definition) is 3. The maximum atomic E-state index is 13.8. The van der Waals surface area contributed by atoms with Crippen LogP contribution in [0.2, 0.25) is 0 Å². The molecule has 70 heavy (non-hydrogen) atoms. The predicted molar refractivity (Wildman–Crippen MR) is 265 cm³/mol. The lowest BCUT2D eigenvalue weighted by atomic mass is 10.1. The highest BCUT2D eigenvalue weighted by atomic mass is 32.2. The van der Waals surface area contributed by atoms with E-state index in [0.717, 1.165) is 20.4 Å². The van der Waals surface area contributed by atoms with E-state index in [1.807, 2.05) is 97.9 Å². The highest BCUT2D eigenvalue weighted by Gasteiger charge is 2.29. The summed E-state index contributed by atoms with van der Waals surface area (Å²) in [6.45, 7) is 1.87. The number of ketones is 2. The highest BCUT2D eigenvalue weighted by molar-refractivity contribution is 7.90. The number of carbonyl (C=O) groups excluding carboxylic acids is 2. The van der Waals surface area contributed by atoms with Gasteiger partial charge in [0.25, 0.3) is 10.0 Å². The summed E-state index contributed by atoms with van der Waals surface area (Å²) in [4.78, 5) is 38.6. The molecule has 344 valence electrons. The van der Waals surface area contributed by atoms with Gasteiger partial charge < -0.3 is 25.9 Å². The Balaban J connectivity index is 0.000000169. The van der Waals surface area contributed by atoms with E-state index in [4.69, 9.17) is 20.9 Å². The maximum absolute atomic E-state index is 13.8. The van der Waals surface area contributed by atoms with Crippen molar-refractivity contribution in [3.05, 3.63) is 223 Å². The smallest absolute Gasteiger partial charge is 0.268 e. The molecule has 16 nitrogen and oxygen atoms in total. The van der Waals surface area contributed by atoms with E-state index in [1.165, 1.54) is 40.1 Å². The Bertz CT molecular complexity index is 3760. The molecule has 0 saturated carbocycles. The number of nitrogens with zero attached hydrogens (tertiary/aromatic N) is 7. The third-order valence-electron chi connectivity index (χ3n) is 11.2. The van der Waals surface area contributed by atoms with E-state index in [1.54, 1.807) is 72.9 Å². The van der Waals surface area contributed by atoms with Crippen LogP contribution in [0, 0.1) is 6.92 Å². The van der Waals surface area contributed by atoms with Gasteiger partial charge >= 0.3 is 0 Å². The SMILES string of the molecule is Cc1ccc(S(=O)(=O)n2c(C(=O)c3cnn(-c4ccc(Oc5ccccc5)nc4)c3N)cc3ccccc32)cc1.Nc1c(C(=O)c2cc3ccccc3[nH]2)cnn1-c1ccc(Oc2ccccc2)nc1. The second-order valence-corrected chi connectivity index (χ2v) is 17.6. The van der Waals surface area contributed by atoms with Crippen LogP contribution in [0.5, 0.6) is 23.3 Å². The molecular formula is C53H40N10O6S. The number of rotatable bonds is 12. The van der Waals surface area contributed by atoms with E-state index in [0.29, 0.717) is 56.8 Å². The highest BCUT2D eigenvalue weighted by Crippen LogP contribution is 2.31. The van der Waals surface area contributed by atoms with Crippen molar-refractivity contribution in [3.8, 4) is 34.6 Å². The first kappa shape index (κ1) is 44.2. The van der Waals surface area contributed by atoms with Crippen LogP contribution in [0.3, 0.4) is 0 Å². The van der Waals surface area contributed by atoms with Crippen molar-refractivity contribution < 1.29 is 27.5 Å². The summed E-state index contributed by atoms with van der Waals surface area (Å²) in [6.07, 6.45) is 5.91. The number of ether oxygens (including phenoxy) is 2. The molecule has 0 atom stereocenters. The van der Waals surface area contributed by atoms with Crippen LogP contribution in [0.1, 0.15) is 37.7 Å². The summed E-state index contributed by atoms with van der Waals surface area (Å²) >= 11 is 0. The van der Waals surface area contributed by atoms with Crippen LogP contribution in [0.25, 0.3) is 33.2 Å². The average Bonchev–Trinajstić information content (AvgIpc) is 4.19. The molecule has 0 fully saturated rings. The Morgan fingerprint density at radius 2 is 1.07 bits per heavy atom. The summed E-state index contributed by atoms with van der Waals surface area (Å²) in [5.74, 6) is 1.67. The Kier molecular flexibility index (Phi) is 11.7. The van der Waals surface area contributed by atoms with Gasteiger partial charge in [-0.2, -0.15) is 10.2 Å². The van der Waals surface area contributed by atoms with E-state index in [-0.39, 0.29) is 33.6 Å². The first-order valence-electron chi connectivity index (χ1n) is 21.7. The number of hydrogen-bond acceptors (Lipinski definition) is 12. The molecule has 0 aliphatic rings. The first-order chi connectivity index (χ1) is 34.0. The van der Waals surface area contributed by atoms with Crippen LogP contribution in [-0.2, 0) is 10.0 Å². The summed E-state index contributed by atoms with van der Waals surface area (Å²) < 4.78 is 42.9. The number of para-hydroxylation sites is 4. The molecule has 0 unspecified atom stereocenters. The Morgan fingerprint density at radius 1 is 0.557 bits per heavy atom. The third-order valence-corrected chi connectivity index (χ3v) is 12.9. The summed E-state index contributed by atoms with van der Waals surface area (Å²) in [5.41, 5.74) is 16.8. The number of nitrogens with two attached hydrogens (primary N) is 2. The average molecular weight is 945 g/mol. The normalized spacial score (nSPS) is 11.3. The molecule has 0 saturated heterocycles. The topological polar surface area (TPSA) is 221 Å². The number of aromatic amines is 1. The first-order valence-corrected chi connectivity index (χ1v) is 23.1. The molecular weight excluding hydrogens is 905 g/mol. The van der Waals surface area contributed by atoms with Crippen molar-refractivity contribution in [2.45, 2.75) is 11.8 Å². The standard InChI is InChI=1S/C30H23N5O4S.C23H17N5O2/c1-20-11-14-24(15-12-20)40(37,38)35-26-10-6-5-7-21(26)17-27(35)29(36)25-19-33-34(30(25)31)22-13-16-28(32-18-22)39-23-8-3-2-4-9-23;24-23-18(22(29)20-12-15-6-4-5-9-19(15)27-20)14-26-28(23)16-10-11-21(25-13-16)30-17-7-2-1-3-8-17/h2-19H,31H2,1H3;1-14,27H,24H2. The molecule has 0 aliphatic carbocycles. The van der Waals surface area contributed by atoms with Gasteiger partial charge in [0.15, 0.2) is 0 Å². The zero-order valence-electron chi connectivity index (χ0n) is 37.1. The van der Waals surface area contributed by atoms with Crippen LogP contribution in [0.4, 0.5) is 11.6 Å². The number of carbonyl (C=O) groups is 2. The second-order valence-electron chi connectivity index (χ2n) is 15.8. The van der Waals surface area contributed by atoms with Crippen molar-refractivity contribution >= 4 is 55.0 Å². The van der Waals surface area contributed by atoms with Gasteiger partial charge in [0.05, 0.1) is 63.4 Å². The number of nitrogen functional groups attached to an aromatic ring is 2. The van der Waals surface area contributed by atoms with Gasteiger partial charge in [0.1, 0.15) is 28.8 Å². The summed E-state index contributed by atoms with van der Waals surface area (Å²) in [6, 6.07) is 50.0. The number of benzene rings is 5. The van der Waals surface area contributed by atoms with Crippen LogP contribution in [0.15, 0.2) is 200 Å². The minimum absolute atomic E-state index is 0.0437. The van der Waals surface area contributed by atoms with Gasteiger partial charge in [-0.3, -0.25) is 9.59 Å². The zero-order chi connectivity index (χ0) is 48.4. The zero-order valence-corrected chi connectivity index (χ0v) is 37.9. The van der Waals surface area contributed by atoms with Crippen molar-refractivity contribution in [1.82, 2.24) is 38.5 Å². The molecule has 6 aromatic heterocycles. The fourth-order valence-electron chi connectivity index (χ4n) is 7.65. The van der Waals surface area contributed by atoms with Gasteiger partial charge in [0, 0.05) is 28.4 Å². The minimum Gasteiger partial charge on any atom is -0.439 e. The van der Waals surface area contributed by atoms with Crippen molar-refractivity contribution in [1.29, 1.82) is 0 Å². The number of H-pyrrole nitrogens is 1. The molecule has 5 aromatic carbocycles. The molecule has 11 aromatic rings. The second kappa shape index (κ2) is 18.6. The molecule has 5 N–H and O–H groups in total. The molecule has 11 rings (SSSR count). The number of anilines is 2. The monoisotopic (exact) mass is 944 g/mol. The molecule has 0 amide bonds. The predicted octanol–water partition coefficient (Wildman–Crippen LogP) is 9.73. The summed E-state index contributed by atoms with van der Waals surface area (Å²) in [5, 5.41) is 10.1. The van der Waals surface area contributed by atoms with Gasteiger partial charge in [-0.25, -0.2) is 31.7 Å². The lowest BCUT2D eigenvalue weighted by Crippen LogP contribution is -2.19. The van der Waals surface area contributed by atoms with E-state index < -0.39 is 15.8 Å². The largest absolute Gasteiger partial charge is 0.439 e. The fourth-order valence-corrected chi connectivity index (χ4v) is 9.16. The maximum Gasteiger partial charge on any atom is 0.268 e. The summed E-state index contributed by atoms with van der Waals surface area (Å²) in [7, 11) is -4.11. The molecule has 6 heterocycles. The van der Waals surface area contributed by atoms with Gasteiger partial charge in [-0.05, 0) is 79.7 Å². The van der Waals surface area contributed by atoms with Crippen molar-refractivity contribution in [2.75, 3.05) is 11.5 Å². The van der Waals surface area contributed by atoms with Gasteiger partial charge in [-0.1, -0.05) is 90.5 Å².